The summed E-state index contributed by atoms with van der Waals surface area (Å²) >= 11 is 0. The average molecular weight is 218 g/mol. The summed E-state index contributed by atoms with van der Waals surface area (Å²) in [7, 11) is 0. The van der Waals surface area contributed by atoms with Gasteiger partial charge < -0.3 is 14.8 Å². The van der Waals surface area contributed by atoms with Gasteiger partial charge in [-0.3, -0.25) is 4.98 Å². The van der Waals surface area contributed by atoms with Crippen LogP contribution in [0, 0.1) is 0 Å². The van der Waals surface area contributed by atoms with Gasteiger partial charge >= 0.3 is 0 Å². The van der Waals surface area contributed by atoms with Gasteiger partial charge in [-0.15, -0.1) is 0 Å². The van der Waals surface area contributed by atoms with Crippen LogP contribution in [0.2, 0.25) is 0 Å². The van der Waals surface area contributed by atoms with Crippen molar-refractivity contribution in [3.8, 4) is 0 Å². The van der Waals surface area contributed by atoms with E-state index in [-0.39, 0.29) is 0 Å². The van der Waals surface area contributed by atoms with Gasteiger partial charge in [-0.05, 0) is 18.2 Å². The van der Waals surface area contributed by atoms with Gasteiger partial charge in [-0.1, -0.05) is 6.07 Å². The van der Waals surface area contributed by atoms with E-state index in [2.05, 4.69) is 10.3 Å². The summed E-state index contributed by atoms with van der Waals surface area (Å²) in [5.74, 6) is 0.860. The first-order chi connectivity index (χ1) is 7.86. The van der Waals surface area contributed by atoms with Crippen LogP contribution in [0.25, 0.3) is 0 Å². The second-order valence-corrected chi connectivity index (χ2v) is 3.51. The Labute approximate surface area is 93.9 Å². The van der Waals surface area contributed by atoms with Crippen molar-refractivity contribution in [2.45, 2.75) is 12.6 Å². The maximum Gasteiger partial charge on any atom is 0.117 e. The zero-order valence-corrected chi connectivity index (χ0v) is 8.84. The van der Waals surface area contributed by atoms with Crippen molar-refractivity contribution >= 4 is 0 Å². The summed E-state index contributed by atoms with van der Waals surface area (Å²) in [6.45, 7) is 1.09. The van der Waals surface area contributed by atoms with Crippen molar-refractivity contribution in [2.24, 2.45) is 0 Å². The second kappa shape index (κ2) is 5.44. The molecule has 16 heavy (non-hydrogen) atoms. The summed E-state index contributed by atoms with van der Waals surface area (Å²) in [5.41, 5.74) is 0.814. The van der Waals surface area contributed by atoms with Crippen molar-refractivity contribution in [2.75, 3.05) is 6.54 Å². The monoisotopic (exact) mass is 218 g/mol. The minimum atomic E-state index is -0.538. The molecule has 2 N–H and O–H groups in total. The zero-order chi connectivity index (χ0) is 11.2. The molecule has 4 nitrogen and oxygen atoms in total. The third kappa shape index (κ3) is 2.92. The van der Waals surface area contributed by atoms with E-state index in [1.807, 2.05) is 24.3 Å². The molecule has 4 heteroatoms. The Hall–Kier alpha value is -1.65. The molecule has 0 saturated heterocycles. The van der Waals surface area contributed by atoms with Gasteiger partial charge in [-0.25, -0.2) is 0 Å². The largest absolute Gasteiger partial charge is 0.468 e. The van der Waals surface area contributed by atoms with Crippen molar-refractivity contribution in [1.82, 2.24) is 10.3 Å². The summed E-state index contributed by atoms with van der Waals surface area (Å²) in [5, 5.41) is 12.9. The zero-order valence-electron chi connectivity index (χ0n) is 8.84. The van der Waals surface area contributed by atoms with Crippen LogP contribution in [-0.2, 0) is 6.54 Å². The number of furan rings is 1. The minimum Gasteiger partial charge on any atom is -0.468 e. The van der Waals surface area contributed by atoms with Gasteiger partial charge in [0.1, 0.15) is 5.76 Å². The molecule has 0 radical (unpaired) electrons. The topological polar surface area (TPSA) is 58.3 Å². The molecule has 0 amide bonds. The Morgan fingerprint density at radius 3 is 3.00 bits per heavy atom. The quantitative estimate of drug-likeness (QED) is 0.798. The number of rotatable bonds is 5. The fourth-order valence-electron chi connectivity index (χ4n) is 1.44. The van der Waals surface area contributed by atoms with E-state index >= 15 is 0 Å². The smallest absolute Gasteiger partial charge is 0.117 e. The molecule has 0 aromatic carbocycles. The van der Waals surface area contributed by atoms with Crippen molar-refractivity contribution in [3.63, 3.8) is 0 Å². The van der Waals surface area contributed by atoms with Crippen LogP contribution >= 0.6 is 0 Å². The first-order valence-corrected chi connectivity index (χ1v) is 5.17. The molecule has 84 valence electrons. The SMILES string of the molecule is OC(CNCc1ccco1)c1cccnc1. The maximum atomic E-state index is 9.82. The van der Waals surface area contributed by atoms with Crippen LogP contribution in [0.5, 0.6) is 0 Å². The van der Waals surface area contributed by atoms with E-state index < -0.39 is 6.10 Å². The van der Waals surface area contributed by atoms with E-state index in [4.69, 9.17) is 4.42 Å². The molecule has 0 aliphatic carbocycles. The first kappa shape index (κ1) is 10.9. The van der Waals surface area contributed by atoms with Crippen LogP contribution in [0.15, 0.2) is 47.3 Å². The fraction of sp³-hybridized carbons (Fsp3) is 0.250. The Balaban J connectivity index is 1.78. The third-order valence-electron chi connectivity index (χ3n) is 2.29. The van der Waals surface area contributed by atoms with E-state index in [1.54, 1.807) is 18.7 Å². The summed E-state index contributed by atoms with van der Waals surface area (Å²) in [6.07, 6.45) is 4.45. The lowest BCUT2D eigenvalue weighted by Crippen LogP contribution is -2.20. The number of pyridine rings is 1. The van der Waals surface area contributed by atoms with Crippen molar-refractivity contribution < 1.29 is 9.52 Å². The number of aromatic nitrogens is 1. The molecule has 2 rings (SSSR count). The number of hydrogen-bond acceptors (Lipinski definition) is 4. The average Bonchev–Trinajstić information content (AvgIpc) is 2.83. The highest BCUT2D eigenvalue weighted by molar-refractivity contribution is 5.12. The van der Waals surface area contributed by atoms with Gasteiger partial charge in [-0.2, -0.15) is 0 Å². The molecule has 0 aliphatic rings. The summed E-state index contributed by atoms with van der Waals surface area (Å²) in [6, 6.07) is 7.40. The van der Waals surface area contributed by atoms with E-state index in [0.717, 1.165) is 11.3 Å². The van der Waals surface area contributed by atoms with Crippen LogP contribution < -0.4 is 5.32 Å². The van der Waals surface area contributed by atoms with Gasteiger partial charge in [0.25, 0.3) is 0 Å². The standard InChI is InChI=1S/C12H14N2O2/c15-12(10-3-1-5-13-7-10)9-14-8-11-4-2-6-16-11/h1-7,12,14-15H,8-9H2. The Morgan fingerprint density at radius 1 is 1.38 bits per heavy atom. The Morgan fingerprint density at radius 2 is 2.31 bits per heavy atom. The molecule has 0 fully saturated rings. The molecule has 0 saturated carbocycles. The number of nitrogens with one attached hydrogen (secondary N) is 1. The van der Waals surface area contributed by atoms with Crippen molar-refractivity contribution in [3.05, 3.63) is 54.2 Å². The molecular weight excluding hydrogens is 204 g/mol. The highest BCUT2D eigenvalue weighted by atomic mass is 16.3. The third-order valence-corrected chi connectivity index (χ3v) is 2.29. The van der Waals surface area contributed by atoms with E-state index in [0.29, 0.717) is 13.1 Å². The second-order valence-electron chi connectivity index (χ2n) is 3.51. The predicted octanol–water partition coefficient (Wildman–Crippen LogP) is 1.50. The Bertz CT molecular complexity index is 400. The van der Waals surface area contributed by atoms with Crippen LogP contribution in [0.4, 0.5) is 0 Å². The summed E-state index contributed by atoms with van der Waals surface area (Å²) < 4.78 is 5.16. The minimum absolute atomic E-state index is 0.479. The van der Waals surface area contributed by atoms with E-state index in [1.165, 1.54) is 0 Å². The number of aliphatic hydroxyl groups is 1. The number of aliphatic hydroxyl groups excluding tert-OH is 1. The molecule has 2 aromatic rings. The lowest BCUT2D eigenvalue weighted by atomic mass is 10.1. The first-order valence-electron chi connectivity index (χ1n) is 5.17. The van der Waals surface area contributed by atoms with Crippen molar-refractivity contribution in [1.29, 1.82) is 0 Å². The maximum absolute atomic E-state index is 9.82. The van der Waals surface area contributed by atoms with Gasteiger partial charge in [0, 0.05) is 24.5 Å². The molecule has 1 atom stereocenters. The van der Waals surface area contributed by atoms with Gasteiger partial charge in [0.15, 0.2) is 0 Å². The number of hydrogen-bond donors (Lipinski definition) is 2. The molecule has 2 aromatic heterocycles. The normalized spacial score (nSPS) is 12.6. The molecule has 1 unspecified atom stereocenters. The van der Waals surface area contributed by atoms with Gasteiger partial charge in [0.05, 0.1) is 18.9 Å². The molecular formula is C12H14N2O2. The fourth-order valence-corrected chi connectivity index (χ4v) is 1.44. The molecule has 2 heterocycles. The van der Waals surface area contributed by atoms with E-state index in [9.17, 15) is 5.11 Å². The van der Waals surface area contributed by atoms with Crippen LogP contribution in [0.3, 0.4) is 0 Å². The number of nitrogens with zero attached hydrogens (tertiary/aromatic N) is 1. The van der Waals surface area contributed by atoms with Crippen LogP contribution in [0.1, 0.15) is 17.4 Å². The molecule has 0 spiro atoms. The lowest BCUT2D eigenvalue weighted by Gasteiger charge is -2.10. The Kier molecular flexibility index (Phi) is 3.69. The van der Waals surface area contributed by atoms with Crippen LogP contribution in [-0.4, -0.2) is 16.6 Å². The lowest BCUT2D eigenvalue weighted by molar-refractivity contribution is 0.173. The molecule has 0 aliphatic heterocycles. The highest BCUT2D eigenvalue weighted by Crippen LogP contribution is 2.09. The predicted molar refractivity (Wildman–Crippen MR) is 59.6 cm³/mol. The van der Waals surface area contributed by atoms with Gasteiger partial charge in [0.2, 0.25) is 0 Å². The summed E-state index contributed by atoms with van der Waals surface area (Å²) in [4.78, 5) is 3.96. The highest BCUT2D eigenvalue weighted by Gasteiger charge is 2.06. The molecule has 0 bridgehead atoms.